The molecule has 0 atom stereocenters. The van der Waals surface area contributed by atoms with E-state index >= 15 is 0 Å². The Hall–Kier alpha value is -1.68. The van der Waals surface area contributed by atoms with Crippen molar-refractivity contribution in [3.05, 3.63) is 0 Å². The number of carbonyl (C=O) groups excluding carboxylic acids is 3. The van der Waals surface area contributed by atoms with E-state index in [1.54, 1.807) is 0 Å². The van der Waals surface area contributed by atoms with Gasteiger partial charge in [0.05, 0.1) is 40.2 Å². The summed E-state index contributed by atoms with van der Waals surface area (Å²) in [5.74, 6) is 6.39. The fourth-order valence-corrected chi connectivity index (χ4v) is 8.20. The van der Waals surface area contributed by atoms with E-state index in [0.29, 0.717) is 37.2 Å². The van der Waals surface area contributed by atoms with Gasteiger partial charge in [0.25, 0.3) is 0 Å². The Balaban J connectivity index is -0.000000463. The smallest absolute Gasteiger partial charge is 0.339 e. The standard InChI is InChI=1S/C5H9NO3S.C5H11NO2S.C5H8O3S.C5H8OS.C2H4O3.CH4.H3NO/c7-6-5-1-3-10(8,9)4-2-5;2*6-5-1-3-9(7,8)4-2-5;6-5-1-3-7-4-2-5;1-2(3)5-4;;1-2/h7H,1-4H2;5H,1-4,6H2;1-4H2;1-4H2;4H,1H3;1H4;2H,1H2. The average molecular weight is 702 g/mol. The third kappa shape index (κ3) is 27.6. The lowest BCUT2D eigenvalue weighted by molar-refractivity contribution is -0.231. The highest BCUT2D eigenvalue weighted by molar-refractivity contribution is 7.99. The number of rotatable bonds is 0. The topological polar surface area (TPSA) is 288 Å². The first-order valence-electron chi connectivity index (χ1n) is 12.8. The Kier molecular flexibility index (Phi) is 26.2. The molecule has 0 unspecified atom stereocenters. The highest BCUT2D eigenvalue weighted by atomic mass is 32.2. The van der Waals surface area contributed by atoms with Gasteiger partial charge in [-0.05, 0) is 12.8 Å². The van der Waals surface area contributed by atoms with E-state index in [1.807, 2.05) is 11.8 Å². The largest absolute Gasteiger partial charge is 0.411 e. The summed E-state index contributed by atoms with van der Waals surface area (Å²) in [6.07, 6.45) is 4.13. The molecule has 7 N–H and O–H groups in total. The Morgan fingerprint density at radius 1 is 0.767 bits per heavy atom. The van der Waals surface area contributed by atoms with Crippen LogP contribution in [-0.2, 0) is 48.8 Å². The summed E-state index contributed by atoms with van der Waals surface area (Å²) in [6, 6.07) is 0.119. The van der Waals surface area contributed by atoms with Crippen molar-refractivity contribution in [3.8, 4) is 0 Å². The summed E-state index contributed by atoms with van der Waals surface area (Å²) < 4.78 is 64.3. The van der Waals surface area contributed by atoms with Crippen molar-refractivity contribution in [3.63, 3.8) is 0 Å². The molecule has 4 fully saturated rings. The zero-order valence-electron chi connectivity index (χ0n) is 23.6. The maximum atomic E-state index is 10.8. The number of oxime groups is 1. The summed E-state index contributed by atoms with van der Waals surface area (Å²) in [5.41, 5.74) is 6.08. The maximum Gasteiger partial charge on any atom is 0.339 e. The molecule has 16 nitrogen and oxygen atoms in total. The van der Waals surface area contributed by atoms with Gasteiger partial charge in [-0.3, -0.25) is 9.59 Å². The lowest BCUT2D eigenvalue weighted by atomic mass is 10.2. The second-order valence-corrected chi connectivity index (χ2v) is 17.4. The fraction of sp³-hybridized carbons (Fsp3) is 0.826. The lowest BCUT2D eigenvalue weighted by Crippen LogP contribution is -2.32. The van der Waals surface area contributed by atoms with Crippen LogP contribution in [-0.4, -0.2) is 116 Å². The normalized spacial score (nSPS) is 21.6. The van der Waals surface area contributed by atoms with Crippen molar-refractivity contribution < 1.29 is 60.2 Å². The minimum Gasteiger partial charge on any atom is -0.411 e. The highest BCUT2D eigenvalue weighted by Gasteiger charge is 2.21. The van der Waals surface area contributed by atoms with Gasteiger partial charge in [0, 0.05) is 63.0 Å². The maximum absolute atomic E-state index is 10.8. The van der Waals surface area contributed by atoms with Crippen molar-refractivity contribution in [1.29, 1.82) is 0 Å². The number of carbonyl (C=O) groups is 3. The van der Waals surface area contributed by atoms with Crippen LogP contribution in [0.3, 0.4) is 0 Å². The molecule has 0 radical (unpaired) electrons. The third-order valence-corrected chi connectivity index (χ3v) is 11.7. The first-order valence-corrected chi connectivity index (χ1v) is 19.4. The van der Waals surface area contributed by atoms with Crippen LogP contribution in [0.2, 0.25) is 0 Å². The van der Waals surface area contributed by atoms with Gasteiger partial charge >= 0.3 is 5.97 Å². The minimum atomic E-state index is -2.84. The highest BCUT2D eigenvalue weighted by Crippen LogP contribution is 2.12. The monoisotopic (exact) mass is 701 g/mol. The number of hydrogen-bond acceptors (Lipinski definition) is 17. The van der Waals surface area contributed by atoms with Crippen LogP contribution in [0, 0.1) is 0 Å². The van der Waals surface area contributed by atoms with E-state index in [-0.39, 0.29) is 66.6 Å². The first-order chi connectivity index (χ1) is 19.5. The molecule has 0 aromatic rings. The number of ketones is 2. The van der Waals surface area contributed by atoms with Gasteiger partial charge in [-0.25, -0.2) is 35.9 Å². The molecule has 0 aromatic heterocycles. The zero-order chi connectivity index (χ0) is 32.8. The van der Waals surface area contributed by atoms with Gasteiger partial charge in [0.2, 0.25) is 0 Å². The van der Waals surface area contributed by atoms with Gasteiger partial charge < -0.3 is 21.0 Å². The predicted octanol–water partition coefficient (Wildman–Crippen LogP) is 0.387. The van der Waals surface area contributed by atoms with Crippen molar-refractivity contribution in [2.75, 3.05) is 46.0 Å². The SMILES string of the molecule is C.CC(=O)OO.NC1CCS(=O)(=O)CC1.NO.O=C1CCS(=O)(=O)CC1.O=C1CCSCC1.O=S1(=O)CCC(=NO)CC1. The number of nitrogens with two attached hydrogens (primary N) is 2. The zero-order valence-corrected chi connectivity index (χ0v) is 26.8. The Labute approximate surface area is 258 Å². The molecule has 20 heteroatoms. The van der Waals surface area contributed by atoms with E-state index in [2.05, 4.69) is 15.9 Å². The van der Waals surface area contributed by atoms with Crippen molar-refractivity contribution in [2.24, 2.45) is 16.8 Å². The molecule has 4 aliphatic heterocycles. The quantitative estimate of drug-likeness (QED) is 0.130. The Morgan fingerprint density at radius 2 is 1.09 bits per heavy atom. The summed E-state index contributed by atoms with van der Waals surface area (Å²) in [6.45, 7) is 1.11. The molecule has 0 saturated carbocycles. The molecule has 4 rings (SSSR count). The van der Waals surface area contributed by atoms with E-state index in [9.17, 15) is 39.6 Å². The Morgan fingerprint density at radius 3 is 1.35 bits per heavy atom. The van der Waals surface area contributed by atoms with Crippen LogP contribution in [0.5, 0.6) is 0 Å². The first kappa shape index (κ1) is 45.7. The van der Waals surface area contributed by atoms with E-state index in [1.165, 1.54) is 0 Å². The molecule has 0 bridgehead atoms. The molecule has 4 heterocycles. The number of nitrogens with zero attached hydrogens (tertiary/aromatic N) is 1. The molecule has 0 amide bonds. The van der Waals surface area contributed by atoms with Crippen molar-refractivity contribution in [2.45, 2.75) is 71.8 Å². The van der Waals surface area contributed by atoms with Gasteiger partial charge in [-0.2, -0.15) is 17.0 Å². The Bertz CT molecular complexity index is 1120. The van der Waals surface area contributed by atoms with Gasteiger partial charge in [0.1, 0.15) is 21.4 Å². The van der Waals surface area contributed by atoms with E-state index < -0.39 is 35.5 Å². The van der Waals surface area contributed by atoms with E-state index in [0.717, 1.165) is 31.3 Å². The molecule has 256 valence electrons. The molecular formula is C23H47N3O13S4. The molecule has 43 heavy (non-hydrogen) atoms. The molecule has 0 aromatic carbocycles. The molecule has 0 spiro atoms. The summed E-state index contributed by atoms with van der Waals surface area (Å²) >= 11 is 1.88. The van der Waals surface area contributed by atoms with Crippen LogP contribution >= 0.6 is 11.8 Å². The van der Waals surface area contributed by atoms with Gasteiger partial charge in [-0.15, -0.1) is 0 Å². The second kappa shape index (κ2) is 24.6. The third-order valence-electron chi connectivity index (χ3n) is 5.71. The minimum absolute atomic E-state index is 0. The molecule has 4 aliphatic rings. The van der Waals surface area contributed by atoms with Crippen LogP contribution in [0.4, 0.5) is 0 Å². The van der Waals surface area contributed by atoms with Crippen molar-refractivity contribution >= 4 is 64.5 Å². The van der Waals surface area contributed by atoms with Crippen LogP contribution < -0.4 is 11.6 Å². The summed E-state index contributed by atoms with van der Waals surface area (Å²) in [7, 11) is -8.35. The fourth-order valence-electron chi connectivity index (χ4n) is 3.15. The van der Waals surface area contributed by atoms with Crippen LogP contribution in [0.15, 0.2) is 5.16 Å². The predicted molar refractivity (Wildman–Crippen MR) is 165 cm³/mol. The molecular weight excluding hydrogens is 655 g/mol. The second-order valence-electron chi connectivity index (χ2n) is 9.23. The molecule has 4 saturated heterocycles. The number of hydrogen-bond donors (Lipinski definition) is 5. The van der Waals surface area contributed by atoms with Crippen molar-refractivity contribution in [1.82, 2.24) is 0 Å². The van der Waals surface area contributed by atoms with Crippen LogP contribution in [0.1, 0.15) is 65.7 Å². The number of sulfone groups is 3. The number of Topliss-reactive ketones (excluding diaryl/α,β-unsaturated/α-hetero) is 2. The van der Waals surface area contributed by atoms with E-state index in [4.69, 9.17) is 21.4 Å². The summed E-state index contributed by atoms with van der Waals surface area (Å²) in [4.78, 5) is 33.4. The summed E-state index contributed by atoms with van der Waals surface area (Å²) in [5, 5.41) is 25.0. The lowest BCUT2D eigenvalue weighted by Gasteiger charge is -2.16. The average Bonchev–Trinajstić information content (AvgIpc) is 2.95. The number of thioether (sulfide) groups is 1. The van der Waals surface area contributed by atoms with Gasteiger partial charge in [-0.1, -0.05) is 12.6 Å². The van der Waals surface area contributed by atoms with Crippen LogP contribution in [0.25, 0.3) is 0 Å². The molecule has 0 aliphatic carbocycles. The van der Waals surface area contributed by atoms with Gasteiger partial charge in [0.15, 0.2) is 19.7 Å².